The second-order valence-electron chi connectivity index (χ2n) is 5.99. The van der Waals surface area contributed by atoms with Gasteiger partial charge < -0.3 is 18.9 Å². The lowest BCUT2D eigenvalue weighted by Gasteiger charge is -2.38. The summed E-state index contributed by atoms with van der Waals surface area (Å²) in [5.41, 5.74) is 0. The van der Waals surface area contributed by atoms with Crippen molar-refractivity contribution in [1.82, 2.24) is 0 Å². The molecular formula is C20H38O5. The normalized spacial score (nSPS) is 12.8. The lowest BCUT2D eigenvalue weighted by molar-refractivity contribution is -0.405. The molecule has 148 valence electrons. The molecule has 0 aliphatic heterocycles. The average molecular weight is 359 g/mol. The Kier molecular flexibility index (Phi) is 14.8. The van der Waals surface area contributed by atoms with Crippen LogP contribution in [0.2, 0.25) is 0 Å². The van der Waals surface area contributed by atoms with E-state index in [1.165, 1.54) is 31.8 Å². The maximum Gasteiger partial charge on any atom is 0.330 e. The highest BCUT2D eigenvalue weighted by Crippen LogP contribution is 2.31. The van der Waals surface area contributed by atoms with Crippen molar-refractivity contribution in [3.8, 4) is 0 Å². The van der Waals surface area contributed by atoms with E-state index in [1.54, 1.807) is 0 Å². The molecule has 0 N–H and O–H groups in total. The maximum atomic E-state index is 11.5. The molecule has 5 heteroatoms. The van der Waals surface area contributed by atoms with E-state index in [4.69, 9.17) is 18.9 Å². The number of esters is 1. The molecule has 0 aliphatic rings. The summed E-state index contributed by atoms with van der Waals surface area (Å²) < 4.78 is 22.9. The Labute approximate surface area is 154 Å². The van der Waals surface area contributed by atoms with Gasteiger partial charge in [-0.15, -0.1) is 0 Å². The summed E-state index contributed by atoms with van der Waals surface area (Å²) in [7, 11) is 0. The van der Waals surface area contributed by atoms with Crippen molar-refractivity contribution < 1.29 is 23.7 Å². The van der Waals surface area contributed by atoms with Gasteiger partial charge in [-0.25, -0.2) is 4.79 Å². The molecule has 0 fully saturated rings. The van der Waals surface area contributed by atoms with Crippen LogP contribution in [0.15, 0.2) is 12.7 Å². The second kappa shape index (κ2) is 15.4. The number of carbonyl (C=O) groups is 1. The van der Waals surface area contributed by atoms with E-state index in [9.17, 15) is 4.79 Å². The van der Waals surface area contributed by atoms with Crippen LogP contribution in [0.3, 0.4) is 0 Å². The lowest BCUT2D eigenvalue weighted by Crippen LogP contribution is -2.48. The zero-order valence-corrected chi connectivity index (χ0v) is 16.7. The molecule has 0 saturated heterocycles. The van der Waals surface area contributed by atoms with Crippen molar-refractivity contribution in [2.24, 2.45) is 5.92 Å². The van der Waals surface area contributed by atoms with Crippen LogP contribution in [0.1, 0.15) is 72.6 Å². The fraction of sp³-hybridized carbons (Fsp3) is 0.850. The topological polar surface area (TPSA) is 54.0 Å². The third-order valence-corrected chi connectivity index (χ3v) is 4.04. The van der Waals surface area contributed by atoms with Crippen LogP contribution >= 0.6 is 0 Å². The quantitative estimate of drug-likeness (QED) is 0.161. The molecule has 0 aromatic rings. The predicted molar refractivity (Wildman–Crippen MR) is 100 cm³/mol. The number of rotatable bonds is 17. The molecule has 0 aromatic carbocycles. The molecule has 0 radical (unpaired) electrons. The summed E-state index contributed by atoms with van der Waals surface area (Å²) in [6, 6.07) is 0. The second-order valence-corrected chi connectivity index (χ2v) is 5.99. The van der Waals surface area contributed by atoms with Crippen LogP contribution in [-0.4, -0.2) is 38.4 Å². The monoisotopic (exact) mass is 358 g/mol. The molecule has 0 bridgehead atoms. The molecule has 0 rings (SSSR count). The van der Waals surface area contributed by atoms with Gasteiger partial charge in [0.15, 0.2) is 0 Å². The zero-order chi connectivity index (χ0) is 19.0. The number of carbonyl (C=O) groups excluding carboxylic acids is 1. The predicted octanol–water partition coefficient (Wildman–Crippen LogP) is 4.85. The molecule has 0 amide bonds. The van der Waals surface area contributed by atoms with Crippen LogP contribution in [0.5, 0.6) is 0 Å². The third-order valence-electron chi connectivity index (χ3n) is 4.04. The van der Waals surface area contributed by atoms with Crippen LogP contribution in [0, 0.1) is 5.92 Å². The van der Waals surface area contributed by atoms with Crippen LogP contribution < -0.4 is 0 Å². The van der Waals surface area contributed by atoms with E-state index in [0.29, 0.717) is 19.8 Å². The number of hydrogen-bond donors (Lipinski definition) is 0. The average Bonchev–Trinajstić information content (AvgIpc) is 2.60. The molecule has 0 saturated carbocycles. The summed E-state index contributed by atoms with van der Waals surface area (Å²) in [6.45, 7) is 13.0. The number of hydrogen-bond acceptors (Lipinski definition) is 5. The first-order valence-corrected chi connectivity index (χ1v) is 9.81. The Balaban J connectivity index is 4.93. The van der Waals surface area contributed by atoms with E-state index < -0.39 is 11.9 Å². The Morgan fingerprint density at radius 3 is 1.92 bits per heavy atom. The SMILES string of the molecule is C=CC(=O)OCC(CCCCCCCC)C(OCC)(OCC)OCC. The fourth-order valence-corrected chi connectivity index (χ4v) is 2.86. The smallest absolute Gasteiger partial charge is 0.330 e. The molecular weight excluding hydrogens is 320 g/mol. The van der Waals surface area contributed by atoms with Crippen molar-refractivity contribution in [3.05, 3.63) is 12.7 Å². The summed E-state index contributed by atoms with van der Waals surface area (Å²) in [5.74, 6) is -1.78. The van der Waals surface area contributed by atoms with E-state index in [2.05, 4.69) is 13.5 Å². The molecule has 0 heterocycles. The van der Waals surface area contributed by atoms with Gasteiger partial charge in [-0.3, -0.25) is 0 Å². The molecule has 5 nitrogen and oxygen atoms in total. The van der Waals surface area contributed by atoms with E-state index in [1.807, 2.05) is 20.8 Å². The Bertz CT molecular complexity index is 326. The highest BCUT2D eigenvalue weighted by Gasteiger charge is 2.42. The number of ether oxygens (including phenoxy) is 4. The van der Waals surface area contributed by atoms with Crippen molar-refractivity contribution >= 4 is 5.97 Å². The minimum Gasteiger partial charge on any atom is -0.462 e. The lowest BCUT2D eigenvalue weighted by atomic mass is 9.98. The third kappa shape index (κ3) is 9.97. The van der Waals surface area contributed by atoms with E-state index >= 15 is 0 Å². The first-order chi connectivity index (χ1) is 12.1. The Hall–Kier alpha value is -0.910. The van der Waals surface area contributed by atoms with Crippen molar-refractivity contribution in [3.63, 3.8) is 0 Å². The Morgan fingerprint density at radius 1 is 0.920 bits per heavy atom. The minimum absolute atomic E-state index is 0.178. The van der Waals surface area contributed by atoms with Crippen LogP contribution in [-0.2, 0) is 23.7 Å². The standard InChI is InChI=1S/C20H38O5/c1-6-11-12-13-14-15-16-18(17-22-19(21)7-2)20(23-8-3,24-9-4)25-10-5/h7,18H,2,6,8-17H2,1,3-5H3. The Morgan fingerprint density at radius 2 is 1.44 bits per heavy atom. The van der Waals surface area contributed by atoms with Gasteiger partial charge in [0.1, 0.15) is 6.61 Å². The highest BCUT2D eigenvalue weighted by molar-refractivity contribution is 5.81. The van der Waals surface area contributed by atoms with Gasteiger partial charge in [-0.05, 0) is 27.2 Å². The van der Waals surface area contributed by atoms with E-state index in [0.717, 1.165) is 19.3 Å². The highest BCUT2D eigenvalue weighted by atomic mass is 16.9. The molecule has 0 aromatic heterocycles. The molecule has 1 unspecified atom stereocenters. The van der Waals surface area contributed by atoms with Crippen molar-refractivity contribution in [2.75, 3.05) is 26.4 Å². The van der Waals surface area contributed by atoms with Crippen LogP contribution in [0.4, 0.5) is 0 Å². The first kappa shape index (κ1) is 24.1. The number of unbranched alkanes of at least 4 members (excludes halogenated alkanes) is 5. The summed E-state index contributed by atoms with van der Waals surface area (Å²) in [4.78, 5) is 11.5. The molecule has 1 atom stereocenters. The van der Waals surface area contributed by atoms with Crippen molar-refractivity contribution in [1.29, 1.82) is 0 Å². The summed E-state index contributed by atoms with van der Waals surface area (Å²) in [5, 5.41) is 0. The summed E-state index contributed by atoms with van der Waals surface area (Å²) >= 11 is 0. The largest absolute Gasteiger partial charge is 0.462 e. The minimum atomic E-state index is -1.16. The molecule has 0 aliphatic carbocycles. The van der Waals surface area contributed by atoms with Crippen molar-refractivity contribution in [2.45, 2.75) is 78.6 Å². The van der Waals surface area contributed by atoms with E-state index in [-0.39, 0.29) is 12.5 Å². The van der Waals surface area contributed by atoms with Gasteiger partial charge in [0.05, 0.1) is 5.92 Å². The van der Waals surface area contributed by atoms with Gasteiger partial charge in [0, 0.05) is 25.9 Å². The zero-order valence-electron chi connectivity index (χ0n) is 16.7. The summed E-state index contributed by atoms with van der Waals surface area (Å²) in [6.07, 6.45) is 9.16. The van der Waals surface area contributed by atoms with Gasteiger partial charge in [-0.2, -0.15) is 0 Å². The molecule has 0 spiro atoms. The van der Waals surface area contributed by atoms with Gasteiger partial charge in [0.25, 0.3) is 5.97 Å². The van der Waals surface area contributed by atoms with Gasteiger partial charge in [-0.1, -0.05) is 52.0 Å². The first-order valence-electron chi connectivity index (χ1n) is 9.81. The molecule has 25 heavy (non-hydrogen) atoms. The van der Waals surface area contributed by atoms with Crippen LogP contribution in [0.25, 0.3) is 0 Å². The van der Waals surface area contributed by atoms with Gasteiger partial charge >= 0.3 is 5.97 Å². The van der Waals surface area contributed by atoms with Gasteiger partial charge in [0.2, 0.25) is 0 Å². The fourth-order valence-electron chi connectivity index (χ4n) is 2.86. The maximum absolute atomic E-state index is 11.5.